The van der Waals surface area contributed by atoms with Crippen molar-refractivity contribution in [3.63, 3.8) is 0 Å². The number of nitrogens with one attached hydrogen (secondary N) is 1. The van der Waals surface area contributed by atoms with Crippen LogP contribution in [0.2, 0.25) is 0 Å². The van der Waals surface area contributed by atoms with E-state index in [4.69, 9.17) is 9.84 Å². The summed E-state index contributed by atoms with van der Waals surface area (Å²) in [7, 11) is 0. The highest BCUT2D eigenvalue weighted by molar-refractivity contribution is 4.84. The Hall–Kier alpha value is -0.540. The molecule has 0 unspecified atom stereocenters. The Morgan fingerprint density at radius 2 is 1.16 bits per heavy atom. The summed E-state index contributed by atoms with van der Waals surface area (Å²) in [6.45, 7) is 10.8. The molecule has 0 atom stereocenters. The minimum absolute atomic E-state index is 0.237. The van der Waals surface area contributed by atoms with E-state index in [1.54, 1.807) is 0 Å². The van der Waals surface area contributed by atoms with Crippen LogP contribution in [0, 0.1) is 0 Å². The lowest BCUT2D eigenvalue weighted by atomic mass is 10.0. The second-order valence-electron chi connectivity index (χ2n) is 9.38. The first-order valence-corrected chi connectivity index (χ1v) is 13.9. The molecule has 0 aliphatic rings. The number of unbranched alkanes of at least 4 members (excludes halogenated alkanes) is 14. The molecule has 0 fully saturated rings. The Labute approximate surface area is 195 Å². The van der Waals surface area contributed by atoms with E-state index in [-0.39, 0.29) is 6.61 Å². The van der Waals surface area contributed by atoms with Gasteiger partial charge >= 0.3 is 0 Å². The Morgan fingerprint density at radius 3 is 1.71 bits per heavy atom. The number of ether oxygens (including phenoxy) is 1. The summed E-state index contributed by atoms with van der Waals surface area (Å²) in [4.78, 5) is 0. The molecule has 0 aliphatic heterocycles. The minimum atomic E-state index is 0.237. The normalized spacial score (nSPS) is 11.4. The number of aliphatic hydroxyl groups is 1. The van der Waals surface area contributed by atoms with E-state index in [2.05, 4.69) is 25.7 Å². The Balaban J connectivity index is 3.94. The average Bonchev–Trinajstić information content (AvgIpc) is 2.77. The van der Waals surface area contributed by atoms with Gasteiger partial charge in [-0.3, -0.25) is 0 Å². The van der Waals surface area contributed by atoms with Crippen molar-refractivity contribution in [1.82, 2.24) is 5.32 Å². The molecule has 31 heavy (non-hydrogen) atoms. The van der Waals surface area contributed by atoms with Crippen molar-refractivity contribution in [2.75, 3.05) is 19.7 Å². The van der Waals surface area contributed by atoms with Gasteiger partial charge in [0, 0.05) is 13.0 Å². The van der Waals surface area contributed by atoms with Crippen molar-refractivity contribution in [1.29, 1.82) is 0 Å². The lowest BCUT2D eigenvalue weighted by Gasteiger charge is -2.21. The molecule has 0 rings (SSSR count). The molecular weight excluding hydrogens is 382 g/mol. The van der Waals surface area contributed by atoms with Crippen LogP contribution in [0.3, 0.4) is 0 Å². The second-order valence-corrected chi connectivity index (χ2v) is 9.38. The Kier molecular flexibility index (Phi) is 25.3. The third-order valence-corrected chi connectivity index (χ3v) is 6.19. The van der Waals surface area contributed by atoms with E-state index in [1.807, 2.05) is 0 Å². The predicted octanol–water partition coefficient (Wildman–Crippen LogP) is 8.31. The monoisotopic (exact) mass is 439 g/mol. The van der Waals surface area contributed by atoms with Crippen molar-refractivity contribution in [2.45, 2.75) is 148 Å². The third kappa shape index (κ3) is 23.9. The highest BCUT2D eigenvalue weighted by Gasteiger charge is 2.11. The maximum absolute atomic E-state index is 8.75. The highest BCUT2D eigenvalue weighted by Crippen LogP contribution is 2.21. The smallest absolute Gasteiger partial charge is 0.0982 e. The van der Waals surface area contributed by atoms with Gasteiger partial charge in [-0.05, 0) is 45.1 Å². The molecule has 0 bridgehead atoms. The van der Waals surface area contributed by atoms with E-state index in [9.17, 15) is 0 Å². The summed E-state index contributed by atoms with van der Waals surface area (Å²) in [5.41, 5.74) is 0. The zero-order chi connectivity index (χ0) is 22.8. The molecule has 0 radical (unpaired) electrons. The van der Waals surface area contributed by atoms with Gasteiger partial charge in [0.05, 0.1) is 18.5 Å². The van der Waals surface area contributed by atoms with Crippen LogP contribution in [0.4, 0.5) is 0 Å². The third-order valence-electron chi connectivity index (χ3n) is 6.19. The van der Waals surface area contributed by atoms with Gasteiger partial charge < -0.3 is 15.2 Å². The van der Waals surface area contributed by atoms with Gasteiger partial charge in [-0.2, -0.15) is 0 Å². The molecule has 2 N–H and O–H groups in total. The molecule has 0 heterocycles. The van der Waals surface area contributed by atoms with Crippen molar-refractivity contribution < 1.29 is 9.84 Å². The van der Waals surface area contributed by atoms with E-state index >= 15 is 0 Å². The fourth-order valence-corrected chi connectivity index (χ4v) is 4.17. The molecule has 0 aromatic rings. The topological polar surface area (TPSA) is 41.5 Å². The number of aliphatic hydroxyl groups excluding tert-OH is 1. The van der Waals surface area contributed by atoms with Crippen LogP contribution in [0.15, 0.2) is 12.3 Å². The maximum Gasteiger partial charge on any atom is 0.0982 e. The quantitative estimate of drug-likeness (QED) is 0.105. The lowest BCUT2D eigenvalue weighted by Crippen LogP contribution is -2.19. The lowest BCUT2D eigenvalue weighted by molar-refractivity contribution is 0.0895. The van der Waals surface area contributed by atoms with Crippen LogP contribution in [0.25, 0.3) is 0 Å². The highest BCUT2D eigenvalue weighted by atomic mass is 16.5. The molecule has 186 valence electrons. The van der Waals surface area contributed by atoms with Crippen LogP contribution in [0.5, 0.6) is 0 Å². The van der Waals surface area contributed by atoms with Crippen LogP contribution in [0.1, 0.15) is 142 Å². The fourth-order valence-electron chi connectivity index (χ4n) is 4.17. The largest absolute Gasteiger partial charge is 0.495 e. The van der Waals surface area contributed by atoms with Crippen LogP contribution < -0.4 is 5.32 Å². The van der Waals surface area contributed by atoms with E-state index < -0.39 is 0 Å². The van der Waals surface area contributed by atoms with Crippen molar-refractivity contribution in [2.24, 2.45) is 0 Å². The molecular formula is C28H57NO2. The number of allylic oxidation sites excluding steroid dienone is 1. The average molecular weight is 440 g/mol. The van der Waals surface area contributed by atoms with E-state index in [0.29, 0.717) is 6.10 Å². The zero-order valence-corrected chi connectivity index (χ0v) is 21.4. The summed E-state index contributed by atoms with van der Waals surface area (Å²) in [5, 5.41) is 12.0. The Bertz CT molecular complexity index is 343. The van der Waals surface area contributed by atoms with Gasteiger partial charge in [-0.25, -0.2) is 0 Å². The van der Waals surface area contributed by atoms with E-state index in [0.717, 1.165) is 25.3 Å². The Morgan fingerprint density at radius 1 is 0.677 bits per heavy atom. The first-order valence-electron chi connectivity index (χ1n) is 13.9. The standard InChI is InChI=1S/C28H57NO2/c1-4-6-8-10-14-18-22-28(23-19-15-11-9-7-5-2)31-27(3)21-17-13-12-16-20-24-29-25-26-30/h28-30H,3-26H2,1-2H3. The van der Waals surface area contributed by atoms with Gasteiger partial charge in [-0.1, -0.05) is 104 Å². The molecule has 0 spiro atoms. The van der Waals surface area contributed by atoms with Crippen LogP contribution in [-0.4, -0.2) is 30.9 Å². The fraction of sp³-hybridized carbons (Fsp3) is 0.929. The second kappa shape index (κ2) is 25.7. The molecule has 0 saturated carbocycles. The molecule has 3 nitrogen and oxygen atoms in total. The van der Waals surface area contributed by atoms with Gasteiger partial charge in [0.2, 0.25) is 0 Å². The van der Waals surface area contributed by atoms with Gasteiger partial charge in [0.15, 0.2) is 0 Å². The summed E-state index contributed by atoms with van der Waals surface area (Å²) in [6, 6.07) is 0. The van der Waals surface area contributed by atoms with Crippen molar-refractivity contribution in [3.8, 4) is 0 Å². The number of hydrogen-bond acceptors (Lipinski definition) is 3. The maximum atomic E-state index is 8.75. The van der Waals surface area contributed by atoms with Crippen LogP contribution >= 0.6 is 0 Å². The number of rotatable bonds is 26. The summed E-state index contributed by atoms with van der Waals surface area (Å²) in [5.74, 6) is 1.02. The first kappa shape index (κ1) is 30.5. The van der Waals surface area contributed by atoms with Crippen LogP contribution in [-0.2, 0) is 4.74 Å². The number of hydrogen-bond donors (Lipinski definition) is 2. The summed E-state index contributed by atoms with van der Waals surface area (Å²) < 4.78 is 6.35. The predicted molar refractivity (Wildman–Crippen MR) is 138 cm³/mol. The van der Waals surface area contributed by atoms with Gasteiger partial charge in [-0.15, -0.1) is 0 Å². The van der Waals surface area contributed by atoms with Crippen molar-refractivity contribution in [3.05, 3.63) is 12.3 Å². The van der Waals surface area contributed by atoms with Gasteiger partial charge in [0.25, 0.3) is 0 Å². The SMILES string of the molecule is C=C(CCCCCCCNCCO)OC(CCCCCCCC)CCCCCCCC. The molecule has 0 aromatic heterocycles. The summed E-state index contributed by atoms with van der Waals surface area (Å²) >= 11 is 0. The zero-order valence-electron chi connectivity index (χ0n) is 21.4. The summed E-state index contributed by atoms with van der Waals surface area (Å²) in [6.07, 6.45) is 26.3. The van der Waals surface area contributed by atoms with Crippen molar-refractivity contribution >= 4 is 0 Å². The van der Waals surface area contributed by atoms with E-state index in [1.165, 1.54) is 122 Å². The minimum Gasteiger partial charge on any atom is -0.495 e. The molecule has 3 heteroatoms. The molecule has 0 aliphatic carbocycles. The van der Waals surface area contributed by atoms with Gasteiger partial charge in [0.1, 0.15) is 0 Å². The first-order chi connectivity index (χ1) is 15.2. The molecule has 0 amide bonds. The molecule has 0 saturated heterocycles. The molecule has 0 aromatic carbocycles.